The Balaban J connectivity index is 2.43. The van der Waals surface area contributed by atoms with Crippen molar-refractivity contribution < 1.29 is 17.9 Å². The van der Waals surface area contributed by atoms with E-state index in [0.29, 0.717) is 13.2 Å². The molecule has 18 heavy (non-hydrogen) atoms. The summed E-state index contributed by atoms with van der Waals surface area (Å²) in [4.78, 5) is -0.0260. The standard InChI is InChI=1S/C9H18N4O4S/c1-13-7-8(9(10)12-13)18(14,15)11-3-4-17-6-5-16-2/h7,11H,3-6H2,1-2H3,(H2,10,12). The van der Waals surface area contributed by atoms with Gasteiger partial charge in [0.25, 0.3) is 0 Å². The van der Waals surface area contributed by atoms with Crippen molar-refractivity contribution in [3.63, 3.8) is 0 Å². The predicted molar refractivity (Wildman–Crippen MR) is 65.5 cm³/mol. The van der Waals surface area contributed by atoms with Gasteiger partial charge in [0.15, 0.2) is 5.82 Å². The number of hydrogen-bond acceptors (Lipinski definition) is 6. The molecular formula is C9H18N4O4S. The first kappa shape index (κ1) is 14.9. The molecule has 0 unspecified atom stereocenters. The summed E-state index contributed by atoms with van der Waals surface area (Å²) in [5, 5.41) is 3.77. The summed E-state index contributed by atoms with van der Waals surface area (Å²) in [6.45, 7) is 1.33. The van der Waals surface area contributed by atoms with Crippen LogP contribution in [0.4, 0.5) is 5.82 Å². The number of rotatable bonds is 8. The van der Waals surface area contributed by atoms with Crippen molar-refractivity contribution in [3.05, 3.63) is 6.20 Å². The summed E-state index contributed by atoms with van der Waals surface area (Å²) in [6, 6.07) is 0. The van der Waals surface area contributed by atoms with Crippen molar-refractivity contribution in [2.75, 3.05) is 39.2 Å². The third-order valence-electron chi connectivity index (χ3n) is 2.08. The van der Waals surface area contributed by atoms with Crippen LogP contribution in [-0.4, -0.2) is 51.7 Å². The van der Waals surface area contributed by atoms with Gasteiger partial charge >= 0.3 is 0 Å². The van der Waals surface area contributed by atoms with Gasteiger partial charge in [-0.15, -0.1) is 0 Å². The van der Waals surface area contributed by atoms with E-state index in [4.69, 9.17) is 15.2 Å². The SMILES string of the molecule is COCCOCCNS(=O)(=O)c1cn(C)nc1N. The maximum absolute atomic E-state index is 11.8. The molecule has 0 aliphatic carbocycles. The predicted octanol–water partition coefficient (Wildman–Crippen LogP) is -1.06. The average Bonchev–Trinajstić information content (AvgIpc) is 2.63. The largest absolute Gasteiger partial charge is 0.382 e. The summed E-state index contributed by atoms with van der Waals surface area (Å²) in [5.41, 5.74) is 5.50. The molecule has 8 nitrogen and oxygen atoms in total. The van der Waals surface area contributed by atoms with Crippen molar-refractivity contribution in [3.8, 4) is 0 Å². The van der Waals surface area contributed by atoms with E-state index < -0.39 is 10.0 Å². The smallest absolute Gasteiger partial charge is 0.245 e. The molecule has 0 aromatic carbocycles. The van der Waals surface area contributed by atoms with Crippen LogP contribution < -0.4 is 10.5 Å². The van der Waals surface area contributed by atoms with Gasteiger partial charge in [0, 0.05) is 26.9 Å². The zero-order valence-electron chi connectivity index (χ0n) is 10.4. The summed E-state index contributed by atoms with van der Waals surface area (Å²) in [7, 11) is -0.465. The third kappa shape index (κ3) is 4.26. The van der Waals surface area contributed by atoms with Crippen LogP contribution in [0.3, 0.4) is 0 Å². The lowest BCUT2D eigenvalue weighted by Gasteiger charge is -2.06. The molecular weight excluding hydrogens is 260 g/mol. The van der Waals surface area contributed by atoms with Crippen molar-refractivity contribution in [2.24, 2.45) is 7.05 Å². The fourth-order valence-electron chi connectivity index (χ4n) is 1.26. The van der Waals surface area contributed by atoms with Gasteiger partial charge in [-0.2, -0.15) is 5.10 Å². The lowest BCUT2D eigenvalue weighted by atomic mass is 10.7. The van der Waals surface area contributed by atoms with Crippen LogP contribution in [0, 0.1) is 0 Å². The van der Waals surface area contributed by atoms with Crippen LogP contribution >= 0.6 is 0 Å². The van der Waals surface area contributed by atoms with Crippen molar-refractivity contribution >= 4 is 15.8 Å². The molecule has 1 aromatic rings. The Morgan fingerprint density at radius 2 is 2.17 bits per heavy atom. The molecule has 0 aliphatic rings. The number of methoxy groups -OCH3 is 1. The molecule has 0 bridgehead atoms. The van der Waals surface area contributed by atoms with Gasteiger partial charge in [-0.3, -0.25) is 4.68 Å². The number of aromatic nitrogens is 2. The molecule has 3 N–H and O–H groups in total. The number of nitrogen functional groups attached to an aromatic ring is 1. The topological polar surface area (TPSA) is 108 Å². The van der Waals surface area contributed by atoms with Crippen LogP contribution in [0.25, 0.3) is 0 Å². The van der Waals surface area contributed by atoms with E-state index in [9.17, 15) is 8.42 Å². The van der Waals surface area contributed by atoms with Gasteiger partial charge in [0.1, 0.15) is 4.90 Å². The van der Waals surface area contributed by atoms with Gasteiger partial charge in [0.2, 0.25) is 10.0 Å². The maximum atomic E-state index is 11.8. The minimum Gasteiger partial charge on any atom is -0.382 e. The van der Waals surface area contributed by atoms with E-state index in [2.05, 4.69) is 9.82 Å². The third-order valence-corrected chi connectivity index (χ3v) is 3.56. The molecule has 0 aliphatic heterocycles. The number of anilines is 1. The Morgan fingerprint density at radius 3 is 2.72 bits per heavy atom. The van der Waals surface area contributed by atoms with Crippen LogP contribution in [0.2, 0.25) is 0 Å². The number of sulfonamides is 1. The van der Waals surface area contributed by atoms with Crippen LogP contribution in [-0.2, 0) is 26.5 Å². The van der Waals surface area contributed by atoms with Gasteiger partial charge in [-0.1, -0.05) is 0 Å². The van der Waals surface area contributed by atoms with Crippen molar-refractivity contribution in [1.29, 1.82) is 0 Å². The molecule has 0 radical (unpaired) electrons. The Bertz CT molecular complexity index is 471. The van der Waals surface area contributed by atoms with Crippen molar-refractivity contribution in [2.45, 2.75) is 4.90 Å². The molecule has 9 heteroatoms. The lowest BCUT2D eigenvalue weighted by molar-refractivity contribution is 0.0736. The lowest BCUT2D eigenvalue weighted by Crippen LogP contribution is -2.28. The molecule has 1 rings (SSSR count). The molecule has 0 saturated carbocycles. The van der Waals surface area contributed by atoms with Crippen molar-refractivity contribution in [1.82, 2.24) is 14.5 Å². The number of nitrogens with two attached hydrogens (primary N) is 1. The average molecular weight is 278 g/mol. The highest BCUT2D eigenvalue weighted by atomic mass is 32.2. The van der Waals surface area contributed by atoms with Crippen LogP contribution in [0.15, 0.2) is 11.1 Å². The van der Waals surface area contributed by atoms with Gasteiger partial charge in [-0.25, -0.2) is 13.1 Å². The number of hydrogen-bond donors (Lipinski definition) is 2. The fraction of sp³-hybridized carbons (Fsp3) is 0.667. The number of aryl methyl sites for hydroxylation is 1. The Morgan fingerprint density at radius 1 is 1.44 bits per heavy atom. The fourth-order valence-corrected chi connectivity index (χ4v) is 2.38. The molecule has 0 atom stereocenters. The Labute approximate surface area is 106 Å². The number of nitrogens with zero attached hydrogens (tertiary/aromatic N) is 2. The van der Waals surface area contributed by atoms with E-state index in [-0.39, 0.29) is 23.9 Å². The second kappa shape index (κ2) is 6.69. The first-order valence-electron chi connectivity index (χ1n) is 5.33. The zero-order valence-corrected chi connectivity index (χ0v) is 11.2. The number of nitrogens with one attached hydrogen (secondary N) is 1. The molecule has 1 heterocycles. The highest BCUT2D eigenvalue weighted by Crippen LogP contribution is 2.14. The second-order valence-corrected chi connectivity index (χ2v) is 5.29. The molecule has 104 valence electrons. The first-order valence-corrected chi connectivity index (χ1v) is 6.81. The summed E-state index contributed by atoms with van der Waals surface area (Å²) in [6.07, 6.45) is 1.35. The van der Waals surface area contributed by atoms with Gasteiger partial charge in [0.05, 0.1) is 19.8 Å². The Kier molecular flexibility index (Phi) is 5.54. The molecule has 0 saturated heterocycles. The van der Waals surface area contributed by atoms with Gasteiger partial charge in [-0.05, 0) is 0 Å². The monoisotopic (exact) mass is 278 g/mol. The number of ether oxygens (including phenoxy) is 2. The normalized spacial score (nSPS) is 11.9. The van der Waals surface area contributed by atoms with Gasteiger partial charge < -0.3 is 15.2 Å². The Hall–Kier alpha value is -1.16. The molecule has 0 spiro atoms. The second-order valence-electron chi connectivity index (χ2n) is 3.56. The highest BCUT2D eigenvalue weighted by Gasteiger charge is 2.19. The summed E-state index contributed by atoms with van der Waals surface area (Å²) in [5.74, 6) is -0.0229. The highest BCUT2D eigenvalue weighted by molar-refractivity contribution is 7.89. The van der Waals surface area contributed by atoms with E-state index in [1.165, 1.54) is 10.9 Å². The molecule has 0 amide bonds. The minimum atomic E-state index is -3.63. The van der Waals surface area contributed by atoms with E-state index >= 15 is 0 Å². The van der Waals surface area contributed by atoms with E-state index in [1.807, 2.05) is 0 Å². The summed E-state index contributed by atoms with van der Waals surface area (Å²) < 4.78 is 37.3. The summed E-state index contributed by atoms with van der Waals surface area (Å²) >= 11 is 0. The minimum absolute atomic E-state index is 0.0229. The maximum Gasteiger partial charge on any atom is 0.245 e. The zero-order chi connectivity index (χ0) is 13.6. The van der Waals surface area contributed by atoms with Crippen LogP contribution in [0.1, 0.15) is 0 Å². The molecule has 0 fully saturated rings. The van der Waals surface area contributed by atoms with E-state index in [1.54, 1.807) is 14.2 Å². The van der Waals surface area contributed by atoms with E-state index in [0.717, 1.165) is 0 Å². The first-order chi connectivity index (χ1) is 8.47. The quantitative estimate of drug-likeness (QED) is 0.587. The molecule has 1 aromatic heterocycles. The van der Waals surface area contributed by atoms with Crippen LogP contribution in [0.5, 0.6) is 0 Å².